The van der Waals surface area contributed by atoms with Crippen LogP contribution in [0.2, 0.25) is 0 Å². The van der Waals surface area contributed by atoms with E-state index in [9.17, 15) is 0 Å². The second-order valence-corrected chi connectivity index (χ2v) is 7.65. The van der Waals surface area contributed by atoms with Crippen molar-refractivity contribution >= 4 is 38.6 Å². The average Bonchev–Trinajstić information content (AvgIpc) is 2.96. The monoisotopic (exact) mass is 366 g/mol. The zero-order chi connectivity index (χ0) is 14.7. The Bertz CT molecular complexity index is 578. The molecule has 3 rings (SSSR count). The highest BCUT2D eigenvalue weighted by Gasteiger charge is 2.12. The summed E-state index contributed by atoms with van der Waals surface area (Å²) in [4.78, 5) is 3.70. The molecular weight excluding hydrogens is 348 g/mol. The van der Waals surface area contributed by atoms with Gasteiger partial charge in [-0.3, -0.25) is 0 Å². The number of hydrogen-bond donors (Lipinski definition) is 1. The minimum Gasteiger partial charge on any atom is -0.378 e. The smallest absolute Gasteiger partial charge is 0.0702 e. The molecule has 0 radical (unpaired) electrons. The number of nitrogens with one attached hydrogen (secondary N) is 1. The van der Waals surface area contributed by atoms with Crippen LogP contribution in [0.1, 0.15) is 17.8 Å². The van der Waals surface area contributed by atoms with Crippen LogP contribution < -0.4 is 10.2 Å². The van der Waals surface area contributed by atoms with Crippen molar-refractivity contribution in [1.82, 2.24) is 0 Å². The summed E-state index contributed by atoms with van der Waals surface area (Å²) in [6.45, 7) is 5.79. The van der Waals surface area contributed by atoms with Crippen LogP contribution in [-0.2, 0) is 4.74 Å². The largest absolute Gasteiger partial charge is 0.378 e. The molecule has 1 fully saturated rings. The van der Waals surface area contributed by atoms with Crippen molar-refractivity contribution in [3.05, 3.63) is 45.1 Å². The predicted octanol–water partition coefficient (Wildman–Crippen LogP) is 4.52. The van der Waals surface area contributed by atoms with Crippen LogP contribution in [0.25, 0.3) is 0 Å². The van der Waals surface area contributed by atoms with Gasteiger partial charge in [0, 0.05) is 29.3 Å². The van der Waals surface area contributed by atoms with Crippen LogP contribution in [0, 0.1) is 0 Å². The number of anilines is 2. The summed E-state index contributed by atoms with van der Waals surface area (Å²) in [5.41, 5.74) is 2.43. The lowest BCUT2D eigenvalue weighted by molar-refractivity contribution is 0.122. The highest BCUT2D eigenvalue weighted by atomic mass is 79.9. The molecule has 1 atom stereocenters. The summed E-state index contributed by atoms with van der Waals surface area (Å²) in [5.74, 6) is 0. The first-order valence-corrected chi connectivity index (χ1v) is 8.78. The summed E-state index contributed by atoms with van der Waals surface area (Å²) < 4.78 is 6.57. The molecular formula is C16H19BrN2OS. The normalized spacial score (nSPS) is 16.8. The fourth-order valence-corrected chi connectivity index (χ4v) is 3.90. The molecule has 1 aliphatic rings. The number of rotatable bonds is 4. The molecule has 1 saturated heterocycles. The van der Waals surface area contributed by atoms with E-state index in [1.54, 1.807) is 11.3 Å². The van der Waals surface area contributed by atoms with E-state index in [0.717, 1.165) is 32.0 Å². The molecule has 1 N–H and O–H groups in total. The number of hydrogen-bond acceptors (Lipinski definition) is 4. The number of ether oxygens (including phenoxy) is 1. The minimum atomic E-state index is 0.315. The number of morpholine rings is 1. The van der Waals surface area contributed by atoms with Crippen LogP contribution in [0.4, 0.5) is 11.4 Å². The number of nitrogens with zero attached hydrogens (tertiary/aromatic N) is 1. The predicted molar refractivity (Wildman–Crippen MR) is 93.5 cm³/mol. The van der Waals surface area contributed by atoms with E-state index in [1.165, 1.54) is 14.4 Å². The molecule has 0 spiro atoms. The first kappa shape index (κ1) is 14.9. The summed E-state index contributed by atoms with van der Waals surface area (Å²) >= 11 is 5.29. The van der Waals surface area contributed by atoms with Crippen molar-refractivity contribution in [2.24, 2.45) is 0 Å². The molecule has 2 aromatic rings. The van der Waals surface area contributed by atoms with E-state index in [1.807, 2.05) is 0 Å². The van der Waals surface area contributed by atoms with Gasteiger partial charge in [-0.2, -0.15) is 0 Å². The molecule has 1 aliphatic heterocycles. The molecule has 5 heteroatoms. The van der Waals surface area contributed by atoms with Crippen molar-refractivity contribution in [3.8, 4) is 0 Å². The Morgan fingerprint density at radius 1 is 1.14 bits per heavy atom. The zero-order valence-electron chi connectivity index (χ0n) is 12.0. The molecule has 21 heavy (non-hydrogen) atoms. The number of benzene rings is 1. The average molecular weight is 367 g/mol. The molecule has 0 aliphatic carbocycles. The molecule has 1 aromatic heterocycles. The van der Waals surface area contributed by atoms with Gasteiger partial charge in [0.25, 0.3) is 0 Å². The van der Waals surface area contributed by atoms with Gasteiger partial charge in [-0.25, -0.2) is 0 Å². The van der Waals surface area contributed by atoms with Crippen LogP contribution in [0.5, 0.6) is 0 Å². The van der Waals surface area contributed by atoms with Crippen molar-refractivity contribution in [1.29, 1.82) is 0 Å². The fraction of sp³-hybridized carbons (Fsp3) is 0.375. The van der Waals surface area contributed by atoms with Crippen LogP contribution >= 0.6 is 27.3 Å². The second-order valence-electron chi connectivity index (χ2n) is 5.15. The van der Waals surface area contributed by atoms with Crippen molar-refractivity contribution < 1.29 is 4.74 Å². The molecule has 112 valence electrons. The van der Waals surface area contributed by atoms with E-state index in [4.69, 9.17) is 4.74 Å². The summed E-state index contributed by atoms with van der Waals surface area (Å²) in [6, 6.07) is 13.3. The Morgan fingerprint density at radius 2 is 1.86 bits per heavy atom. The molecule has 2 heterocycles. The number of thiophene rings is 1. The lowest BCUT2D eigenvalue weighted by atomic mass is 10.2. The Morgan fingerprint density at radius 3 is 2.48 bits per heavy atom. The van der Waals surface area contributed by atoms with Gasteiger partial charge in [0.05, 0.1) is 23.0 Å². The van der Waals surface area contributed by atoms with Crippen molar-refractivity contribution in [2.75, 3.05) is 36.5 Å². The van der Waals surface area contributed by atoms with Gasteiger partial charge in [0.15, 0.2) is 0 Å². The second kappa shape index (κ2) is 6.81. The zero-order valence-corrected chi connectivity index (χ0v) is 14.4. The van der Waals surface area contributed by atoms with Crippen LogP contribution in [0.3, 0.4) is 0 Å². The van der Waals surface area contributed by atoms with Gasteiger partial charge in [-0.05, 0) is 59.3 Å². The van der Waals surface area contributed by atoms with Gasteiger partial charge in [0.2, 0.25) is 0 Å². The van der Waals surface area contributed by atoms with Crippen molar-refractivity contribution in [2.45, 2.75) is 13.0 Å². The minimum absolute atomic E-state index is 0.315. The van der Waals surface area contributed by atoms with Gasteiger partial charge in [0.1, 0.15) is 0 Å². The third-order valence-corrected chi connectivity index (χ3v) is 5.45. The molecule has 0 amide bonds. The third kappa shape index (κ3) is 3.78. The van der Waals surface area contributed by atoms with Gasteiger partial charge in [-0.1, -0.05) is 0 Å². The summed E-state index contributed by atoms with van der Waals surface area (Å²) in [6.07, 6.45) is 0. The maximum Gasteiger partial charge on any atom is 0.0702 e. The van der Waals surface area contributed by atoms with E-state index in [0.29, 0.717) is 6.04 Å². The Hall–Kier alpha value is -1.04. The van der Waals surface area contributed by atoms with Gasteiger partial charge < -0.3 is 15.0 Å². The van der Waals surface area contributed by atoms with E-state index >= 15 is 0 Å². The molecule has 0 bridgehead atoms. The molecule has 3 nitrogen and oxygen atoms in total. The van der Waals surface area contributed by atoms with Crippen LogP contribution in [0.15, 0.2) is 40.2 Å². The molecule has 1 unspecified atom stereocenters. The lowest BCUT2D eigenvalue weighted by Crippen LogP contribution is -2.36. The topological polar surface area (TPSA) is 24.5 Å². The maximum atomic E-state index is 5.39. The fourth-order valence-electron chi connectivity index (χ4n) is 2.47. The number of halogens is 1. The maximum absolute atomic E-state index is 5.39. The molecule has 0 saturated carbocycles. The first-order chi connectivity index (χ1) is 10.2. The SMILES string of the molecule is CC(Nc1ccc(N2CCOCC2)cc1)c1ccc(Br)s1. The standard InChI is InChI=1S/C16H19BrN2OS/c1-12(15-6-7-16(17)21-15)18-13-2-4-14(5-3-13)19-8-10-20-11-9-19/h2-7,12,18H,8-11H2,1H3. The van der Waals surface area contributed by atoms with E-state index < -0.39 is 0 Å². The van der Waals surface area contributed by atoms with E-state index in [-0.39, 0.29) is 0 Å². The van der Waals surface area contributed by atoms with Gasteiger partial charge >= 0.3 is 0 Å². The Balaban J connectivity index is 1.63. The highest BCUT2D eigenvalue weighted by molar-refractivity contribution is 9.11. The summed E-state index contributed by atoms with van der Waals surface area (Å²) in [7, 11) is 0. The summed E-state index contributed by atoms with van der Waals surface area (Å²) in [5, 5.41) is 3.55. The Labute approximate surface area is 138 Å². The third-order valence-electron chi connectivity index (χ3n) is 3.65. The van der Waals surface area contributed by atoms with Crippen molar-refractivity contribution in [3.63, 3.8) is 0 Å². The highest BCUT2D eigenvalue weighted by Crippen LogP contribution is 2.29. The van der Waals surface area contributed by atoms with Crippen LogP contribution in [-0.4, -0.2) is 26.3 Å². The lowest BCUT2D eigenvalue weighted by Gasteiger charge is -2.29. The Kier molecular flexibility index (Phi) is 4.83. The molecule has 1 aromatic carbocycles. The quantitative estimate of drug-likeness (QED) is 0.860. The first-order valence-electron chi connectivity index (χ1n) is 7.17. The van der Waals surface area contributed by atoms with Gasteiger partial charge in [-0.15, -0.1) is 11.3 Å². The van der Waals surface area contributed by atoms with E-state index in [2.05, 4.69) is 69.5 Å².